The molecule has 0 aromatic carbocycles. The molecule has 2 nitrogen and oxygen atoms in total. The minimum atomic E-state index is 0.0653. The van der Waals surface area contributed by atoms with Crippen LogP contribution in [0, 0.1) is 46.3 Å². The van der Waals surface area contributed by atoms with E-state index in [9.17, 15) is 4.79 Å². The van der Waals surface area contributed by atoms with Gasteiger partial charge in [0.05, 0.1) is 0 Å². The van der Waals surface area contributed by atoms with Gasteiger partial charge in [0.2, 0.25) is 0 Å². The van der Waals surface area contributed by atoms with E-state index in [2.05, 4.69) is 47.6 Å². The lowest BCUT2D eigenvalue weighted by Gasteiger charge is -2.58. The molecule has 0 amide bonds. The average molecular weight is 653 g/mol. The van der Waals surface area contributed by atoms with Crippen LogP contribution in [0.4, 0.5) is 0 Å². The van der Waals surface area contributed by atoms with Crippen LogP contribution in [0.5, 0.6) is 0 Å². The molecule has 0 aromatic heterocycles. The summed E-state index contributed by atoms with van der Waals surface area (Å²) in [5.74, 6) is 5.34. The van der Waals surface area contributed by atoms with Crippen LogP contribution in [-0.4, -0.2) is 12.1 Å². The standard InChI is InChI=1S/C45H80O2/c1-7-8-9-10-11-12-13-14-15-16-17-18-19-20-21-25-43(46)47-38-30-32-44(5)37(34-38)26-27-39-41-29-28-40(36(4)24-22-23-35(2)3)45(41,6)33-31-42(39)44/h26,35-36,38-42H,7-25,27-34H2,1-6H3/t36-,38+,39+,40+,41-,42+,44+,45-/m1/s1. The number of hydrogen-bond acceptors (Lipinski definition) is 2. The maximum absolute atomic E-state index is 12.8. The Balaban J connectivity index is 1.10. The first kappa shape index (κ1) is 39.0. The van der Waals surface area contributed by atoms with Crippen LogP contribution in [0.15, 0.2) is 11.6 Å². The molecule has 0 heterocycles. The largest absolute Gasteiger partial charge is 0.462 e. The Morgan fingerprint density at radius 2 is 1.36 bits per heavy atom. The van der Waals surface area contributed by atoms with E-state index < -0.39 is 0 Å². The molecule has 2 heteroatoms. The van der Waals surface area contributed by atoms with Crippen molar-refractivity contribution in [1.29, 1.82) is 0 Å². The molecule has 0 bridgehead atoms. The molecule has 0 aromatic rings. The molecule has 272 valence electrons. The Labute approximate surface area is 293 Å². The summed E-state index contributed by atoms with van der Waals surface area (Å²) in [5.41, 5.74) is 2.54. The predicted molar refractivity (Wildman–Crippen MR) is 202 cm³/mol. The van der Waals surface area contributed by atoms with E-state index in [1.54, 1.807) is 5.57 Å². The lowest BCUT2D eigenvalue weighted by atomic mass is 9.47. The fourth-order valence-electron chi connectivity index (χ4n) is 11.6. The summed E-state index contributed by atoms with van der Waals surface area (Å²) in [7, 11) is 0. The summed E-state index contributed by atoms with van der Waals surface area (Å²) < 4.78 is 6.13. The Hall–Kier alpha value is -0.790. The number of carbonyl (C=O) groups excluding carboxylic acids is 1. The van der Waals surface area contributed by atoms with E-state index in [1.165, 1.54) is 148 Å². The molecule has 0 spiro atoms. The van der Waals surface area contributed by atoms with Gasteiger partial charge < -0.3 is 4.74 Å². The Bertz CT molecular complexity index is 934. The van der Waals surface area contributed by atoms with Crippen molar-refractivity contribution in [2.45, 2.75) is 221 Å². The fraction of sp³-hybridized carbons (Fsp3) is 0.933. The number of ether oxygens (including phenoxy) is 1. The lowest BCUT2D eigenvalue weighted by molar-refractivity contribution is -0.151. The van der Waals surface area contributed by atoms with Gasteiger partial charge in [-0.25, -0.2) is 0 Å². The van der Waals surface area contributed by atoms with Crippen molar-refractivity contribution < 1.29 is 9.53 Å². The lowest BCUT2D eigenvalue weighted by Crippen LogP contribution is -2.51. The van der Waals surface area contributed by atoms with Gasteiger partial charge in [0, 0.05) is 12.8 Å². The highest BCUT2D eigenvalue weighted by Crippen LogP contribution is 2.67. The number of hydrogen-bond donors (Lipinski definition) is 0. The molecule has 0 aliphatic heterocycles. The maximum Gasteiger partial charge on any atom is 0.306 e. The highest BCUT2D eigenvalue weighted by Gasteiger charge is 2.59. The summed E-state index contributed by atoms with van der Waals surface area (Å²) in [5, 5.41) is 0. The van der Waals surface area contributed by atoms with Gasteiger partial charge in [0.25, 0.3) is 0 Å². The van der Waals surface area contributed by atoms with E-state index in [0.29, 0.717) is 17.3 Å². The minimum absolute atomic E-state index is 0.0653. The predicted octanol–water partition coefficient (Wildman–Crippen LogP) is 14.2. The summed E-state index contributed by atoms with van der Waals surface area (Å²) in [6, 6.07) is 0. The van der Waals surface area contributed by atoms with E-state index in [1.807, 2.05) is 0 Å². The Morgan fingerprint density at radius 1 is 0.745 bits per heavy atom. The van der Waals surface area contributed by atoms with E-state index in [-0.39, 0.29) is 12.1 Å². The number of esters is 1. The zero-order chi connectivity index (χ0) is 33.7. The summed E-state index contributed by atoms with van der Waals surface area (Å²) >= 11 is 0. The zero-order valence-electron chi connectivity index (χ0n) is 32.5. The number of carbonyl (C=O) groups is 1. The van der Waals surface area contributed by atoms with Crippen LogP contribution < -0.4 is 0 Å². The summed E-state index contributed by atoms with van der Waals surface area (Å²) in [6.07, 6.45) is 38.4. The van der Waals surface area contributed by atoms with Gasteiger partial charge in [0.15, 0.2) is 0 Å². The van der Waals surface area contributed by atoms with Crippen molar-refractivity contribution in [3.8, 4) is 0 Å². The van der Waals surface area contributed by atoms with Gasteiger partial charge in [-0.3, -0.25) is 4.79 Å². The van der Waals surface area contributed by atoms with Crippen molar-refractivity contribution >= 4 is 5.97 Å². The van der Waals surface area contributed by atoms with Gasteiger partial charge in [-0.1, -0.05) is 162 Å². The number of fused-ring (bicyclic) bond motifs is 5. The summed E-state index contributed by atoms with van der Waals surface area (Å²) in [6.45, 7) is 15.0. The van der Waals surface area contributed by atoms with Gasteiger partial charge >= 0.3 is 5.97 Å². The molecule has 0 radical (unpaired) electrons. The normalized spacial score (nSPS) is 32.4. The Kier molecular flexibility index (Phi) is 16.2. The minimum Gasteiger partial charge on any atom is -0.462 e. The van der Waals surface area contributed by atoms with Crippen LogP contribution in [-0.2, 0) is 9.53 Å². The average Bonchev–Trinajstić information content (AvgIpc) is 3.40. The SMILES string of the molecule is CCCCCCCCCCCCCCCCCC(=O)O[C@H]1CC[C@@]2(C)C(=CC[C@H]3[C@H]4CC[C@@H]([C@H](C)CCCC(C)C)[C@@]4(C)CC[C@@H]32)C1. The highest BCUT2D eigenvalue weighted by molar-refractivity contribution is 5.69. The molecule has 8 atom stereocenters. The van der Waals surface area contributed by atoms with Crippen LogP contribution >= 0.6 is 0 Å². The number of rotatable bonds is 22. The van der Waals surface area contributed by atoms with Crippen molar-refractivity contribution in [2.24, 2.45) is 46.3 Å². The van der Waals surface area contributed by atoms with Crippen molar-refractivity contribution in [3.63, 3.8) is 0 Å². The molecule has 3 fully saturated rings. The van der Waals surface area contributed by atoms with Crippen LogP contribution in [0.25, 0.3) is 0 Å². The van der Waals surface area contributed by atoms with Crippen LogP contribution in [0.2, 0.25) is 0 Å². The maximum atomic E-state index is 12.8. The van der Waals surface area contributed by atoms with Crippen LogP contribution in [0.3, 0.4) is 0 Å². The number of unbranched alkanes of at least 4 members (excludes halogenated alkanes) is 14. The first-order valence-corrected chi connectivity index (χ1v) is 21.6. The second-order valence-corrected chi connectivity index (χ2v) is 18.3. The molecule has 4 rings (SSSR count). The van der Waals surface area contributed by atoms with Crippen molar-refractivity contribution in [3.05, 3.63) is 11.6 Å². The first-order chi connectivity index (χ1) is 22.7. The first-order valence-electron chi connectivity index (χ1n) is 21.6. The molecule has 4 aliphatic carbocycles. The van der Waals surface area contributed by atoms with Gasteiger partial charge in [-0.05, 0) is 97.7 Å². The van der Waals surface area contributed by atoms with Crippen LogP contribution in [0.1, 0.15) is 215 Å². The monoisotopic (exact) mass is 653 g/mol. The van der Waals surface area contributed by atoms with E-state index in [0.717, 1.165) is 54.8 Å². The third-order valence-electron chi connectivity index (χ3n) is 14.5. The number of allylic oxidation sites excluding steroid dienone is 1. The molecule has 0 saturated heterocycles. The van der Waals surface area contributed by atoms with Gasteiger partial charge in [-0.2, -0.15) is 0 Å². The molecule has 3 saturated carbocycles. The van der Waals surface area contributed by atoms with E-state index in [4.69, 9.17) is 4.74 Å². The fourth-order valence-corrected chi connectivity index (χ4v) is 11.6. The molecule has 47 heavy (non-hydrogen) atoms. The third kappa shape index (κ3) is 10.8. The van der Waals surface area contributed by atoms with Gasteiger partial charge in [-0.15, -0.1) is 0 Å². The molecular weight excluding hydrogens is 572 g/mol. The quantitative estimate of drug-likeness (QED) is 0.0661. The van der Waals surface area contributed by atoms with Gasteiger partial charge in [0.1, 0.15) is 6.10 Å². The zero-order valence-corrected chi connectivity index (χ0v) is 32.5. The molecule has 0 N–H and O–H groups in total. The van der Waals surface area contributed by atoms with Crippen molar-refractivity contribution in [2.75, 3.05) is 0 Å². The summed E-state index contributed by atoms with van der Waals surface area (Å²) in [4.78, 5) is 12.8. The highest BCUT2D eigenvalue weighted by atomic mass is 16.5. The Morgan fingerprint density at radius 3 is 1.98 bits per heavy atom. The molecule has 4 aliphatic rings. The molecular formula is C45H80O2. The van der Waals surface area contributed by atoms with E-state index >= 15 is 0 Å². The third-order valence-corrected chi connectivity index (χ3v) is 14.5. The van der Waals surface area contributed by atoms with Crippen molar-refractivity contribution in [1.82, 2.24) is 0 Å². The second-order valence-electron chi connectivity index (χ2n) is 18.3. The second kappa shape index (κ2) is 19.6. The smallest absolute Gasteiger partial charge is 0.306 e. The molecule has 0 unspecified atom stereocenters. The topological polar surface area (TPSA) is 26.3 Å².